The lowest BCUT2D eigenvalue weighted by Gasteiger charge is -2.40. The number of carbonyl (C=O) groups is 1. The third-order valence-corrected chi connectivity index (χ3v) is 8.88. The molecule has 0 saturated carbocycles. The van der Waals surface area contributed by atoms with E-state index >= 15 is 0 Å². The van der Waals surface area contributed by atoms with Gasteiger partial charge in [0, 0.05) is 28.3 Å². The van der Waals surface area contributed by atoms with E-state index in [0.717, 1.165) is 33.2 Å². The molecule has 0 aromatic heterocycles. The number of Topliss-reactive ketones (excluding diaryl/α,β-unsaturated/α-hetero) is 1. The minimum Gasteiger partial charge on any atom is -0.384 e. The van der Waals surface area contributed by atoms with Gasteiger partial charge in [-0.05, 0) is 80.1 Å². The Bertz CT molecular complexity index is 1630. The van der Waals surface area contributed by atoms with Crippen molar-refractivity contribution in [3.63, 3.8) is 0 Å². The Balaban J connectivity index is 1.65. The van der Waals surface area contributed by atoms with Crippen LogP contribution in [0.5, 0.6) is 0 Å². The summed E-state index contributed by atoms with van der Waals surface area (Å²) in [5.74, 6) is -0.304. The molecule has 1 heterocycles. The fraction of sp³-hybridized carbons (Fsp3) is 0.273. The van der Waals surface area contributed by atoms with Crippen LogP contribution < -0.4 is 10.6 Å². The van der Waals surface area contributed by atoms with Gasteiger partial charge in [-0.3, -0.25) is 9.69 Å². The Morgan fingerprint density at radius 3 is 2.41 bits per heavy atom. The lowest BCUT2D eigenvalue weighted by molar-refractivity contribution is -0.137. The number of halogens is 3. The molecule has 1 aliphatic heterocycles. The number of para-hydroxylation sites is 1. The van der Waals surface area contributed by atoms with Crippen LogP contribution in [0.2, 0.25) is 0 Å². The first-order chi connectivity index (χ1) is 19.5. The molecule has 0 bridgehead atoms. The molecule has 1 aliphatic carbocycles. The molecule has 210 valence electrons. The summed E-state index contributed by atoms with van der Waals surface area (Å²) in [6.45, 7) is 6.01. The van der Waals surface area contributed by atoms with Gasteiger partial charge in [-0.1, -0.05) is 42.0 Å². The van der Waals surface area contributed by atoms with Gasteiger partial charge >= 0.3 is 6.18 Å². The van der Waals surface area contributed by atoms with Crippen molar-refractivity contribution in [2.75, 3.05) is 4.90 Å². The van der Waals surface area contributed by atoms with E-state index in [4.69, 9.17) is 5.73 Å². The molecular formula is C33H30F3N3OS. The molecule has 0 saturated heterocycles. The topological polar surface area (TPSA) is 70.1 Å². The third-order valence-electron chi connectivity index (χ3n) is 7.81. The standard InChI is InChI=1S/C33H30F3N3OS/c1-19-11-13-23(14-12-19)41-18-22-16-24(21(3)15-20(22)2)30-25(17-37)32(38)39(28-9-6-10-29(40)31(28)30)27-8-5-4-7-26(27)33(34,35)36/h4-5,7-8,11-16,30H,6,9-10,18,38H2,1-3H3. The number of anilines is 1. The Morgan fingerprint density at radius 1 is 1.02 bits per heavy atom. The van der Waals surface area contributed by atoms with Crippen molar-refractivity contribution in [1.82, 2.24) is 0 Å². The number of benzene rings is 3. The molecule has 5 rings (SSSR count). The van der Waals surface area contributed by atoms with Gasteiger partial charge in [0.1, 0.15) is 5.82 Å². The Morgan fingerprint density at radius 2 is 1.73 bits per heavy atom. The molecule has 41 heavy (non-hydrogen) atoms. The monoisotopic (exact) mass is 573 g/mol. The van der Waals surface area contributed by atoms with Crippen LogP contribution in [0.25, 0.3) is 0 Å². The van der Waals surface area contributed by atoms with Gasteiger partial charge in [0.15, 0.2) is 5.78 Å². The Hall–Kier alpha value is -3.96. The normalized spacial score (nSPS) is 17.5. The maximum Gasteiger partial charge on any atom is 0.418 e. The molecule has 0 radical (unpaired) electrons. The zero-order valence-electron chi connectivity index (χ0n) is 23.1. The molecule has 2 N–H and O–H groups in total. The number of allylic oxidation sites excluding steroid dienone is 3. The van der Waals surface area contributed by atoms with E-state index < -0.39 is 17.7 Å². The number of nitriles is 1. The predicted molar refractivity (Wildman–Crippen MR) is 156 cm³/mol. The van der Waals surface area contributed by atoms with Crippen molar-refractivity contribution in [3.05, 3.63) is 117 Å². The molecule has 4 nitrogen and oxygen atoms in total. The summed E-state index contributed by atoms with van der Waals surface area (Å²) < 4.78 is 42.2. The maximum absolute atomic E-state index is 14.1. The highest BCUT2D eigenvalue weighted by atomic mass is 32.2. The lowest BCUT2D eigenvalue weighted by Crippen LogP contribution is -2.39. The average molecular weight is 574 g/mol. The first-order valence-electron chi connectivity index (χ1n) is 13.4. The molecule has 1 unspecified atom stereocenters. The number of aryl methyl sites for hydroxylation is 3. The number of thioether (sulfide) groups is 1. The lowest BCUT2D eigenvalue weighted by atomic mass is 9.74. The summed E-state index contributed by atoms with van der Waals surface area (Å²) in [7, 11) is 0. The van der Waals surface area contributed by atoms with Crippen LogP contribution in [-0.4, -0.2) is 5.78 Å². The third kappa shape index (κ3) is 5.39. The minimum absolute atomic E-state index is 0.0711. The van der Waals surface area contributed by atoms with Crippen molar-refractivity contribution in [3.8, 4) is 6.07 Å². The molecule has 0 fully saturated rings. The van der Waals surface area contributed by atoms with Gasteiger partial charge in [-0.15, -0.1) is 11.8 Å². The number of hydrogen-bond donors (Lipinski definition) is 1. The van der Waals surface area contributed by atoms with Crippen LogP contribution in [0.15, 0.2) is 88.2 Å². The van der Waals surface area contributed by atoms with Crippen molar-refractivity contribution in [2.24, 2.45) is 5.73 Å². The van der Waals surface area contributed by atoms with Crippen LogP contribution >= 0.6 is 11.8 Å². The van der Waals surface area contributed by atoms with Crippen molar-refractivity contribution >= 4 is 23.2 Å². The van der Waals surface area contributed by atoms with Crippen LogP contribution in [0, 0.1) is 32.1 Å². The van der Waals surface area contributed by atoms with Crippen LogP contribution in [-0.2, 0) is 16.7 Å². The van der Waals surface area contributed by atoms with Gasteiger partial charge in [0.2, 0.25) is 0 Å². The van der Waals surface area contributed by atoms with E-state index in [9.17, 15) is 23.2 Å². The van der Waals surface area contributed by atoms with E-state index in [1.54, 1.807) is 11.8 Å². The highest BCUT2D eigenvalue weighted by Gasteiger charge is 2.43. The zero-order valence-corrected chi connectivity index (χ0v) is 23.9. The molecule has 2 aliphatic rings. The quantitative estimate of drug-likeness (QED) is 0.312. The highest BCUT2D eigenvalue weighted by Crippen LogP contribution is 2.49. The van der Waals surface area contributed by atoms with Crippen LogP contribution in [0.4, 0.5) is 18.9 Å². The predicted octanol–water partition coefficient (Wildman–Crippen LogP) is 8.23. The van der Waals surface area contributed by atoms with E-state index in [1.807, 2.05) is 32.9 Å². The Labute approximate surface area is 242 Å². The molecule has 8 heteroatoms. The summed E-state index contributed by atoms with van der Waals surface area (Å²) in [5, 5.41) is 10.4. The number of alkyl halides is 3. The van der Waals surface area contributed by atoms with Crippen molar-refractivity contribution < 1.29 is 18.0 Å². The van der Waals surface area contributed by atoms with Gasteiger partial charge in [0.05, 0.1) is 28.8 Å². The van der Waals surface area contributed by atoms with Crippen molar-refractivity contribution in [2.45, 2.75) is 62.8 Å². The minimum atomic E-state index is -4.64. The van der Waals surface area contributed by atoms with E-state index in [2.05, 4.69) is 30.3 Å². The largest absolute Gasteiger partial charge is 0.418 e. The second kappa shape index (κ2) is 11.1. The molecule has 0 amide bonds. The summed E-state index contributed by atoms with van der Waals surface area (Å²) in [6, 6.07) is 19.7. The first-order valence-corrected chi connectivity index (χ1v) is 14.4. The van der Waals surface area contributed by atoms with E-state index in [1.165, 1.54) is 28.7 Å². The average Bonchev–Trinajstić information content (AvgIpc) is 2.93. The zero-order chi connectivity index (χ0) is 29.5. The number of carbonyl (C=O) groups excluding carboxylic acids is 1. The number of nitrogens with two attached hydrogens (primary N) is 1. The Kier molecular flexibility index (Phi) is 7.76. The molecule has 3 aromatic carbocycles. The molecule has 0 spiro atoms. The summed E-state index contributed by atoms with van der Waals surface area (Å²) in [5.41, 5.74) is 11.4. The first kappa shape index (κ1) is 28.6. The number of nitrogens with zero attached hydrogens (tertiary/aromatic N) is 2. The fourth-order valence-electron chi connectivity index (χ4n) is 5.76. The van der Waals surface area contributed by atoms with E-state index in [0.29, 0.717) is 29.9 Å². The number of rotatable bonds is 5. The fourth-order valence-corrected chi connectivity index (χ4v) is 6.72. The van der Waals surface area contributed by atoms with Crippen LogP contribution in [0.3, 0.4) is 0 Å². The van der Waals surface area contributed by atoms with Gasteiger partial charge in [-0.2, -0.15) is 18.4 Å². The summed E-state index contributed by atoms with van der Waals surface area (Å²) in [4.78, 5) is 16.0. The molecular weight excluding hydrogens is 543 g/mol. The number of hydrogen-bond acceptors (Lipinski definition) is 5. The second-order valence-corrected chi connectivity index (χ2v) is 11.6. The van der Waals surface area contributed by atoms with Crippen LogP contribution in [0.1, 0.15) is 58.6 Å². The van der Waals surface area contributed by atoms with Crippen molar-refractivity contribution in [1.29, 1.82) is 5.26 Å². The van der Waals surface area contributed by atoms with Gasteiger partial charge in [0.25, 0.3) is 0 Å². The summed E-state index contributed by atoms with van der Waals surface area (Å²) >= 11 is 1.69. The summed E-state index contributed by atoms with van der Waals surface area (Å²) in [6.07, 6.45) is -3.50. The van der Waals surface area contributed by atoms with E-state index in [-0.39, 0.29) is 29.3 Å². The number of ketones is 1. The molecule has 1 atom stereocenters. The van der Waals surface area contributed by atoms with Gasteiger partial charge < -0.3 is 5.73 Å². The smallest absolute Gasteiger partial charge is 0.384 e. The maximum atomic E-state index is 14.1. The second-order valence-electron chi connectivity index (χ2n) is 10.6. The highest BCUT2D eigenvalue weighted by molar-refractivity contribution is 7.98. The van der Waals surface area contributed by atoms with Gasteiger partial charge in [-0.25, -0.2) is 0 Å². The molecule has 3 aromatic rings. The SMILES string of the molecule is Cc1ccc(SCc2cc(C3C(C#N)=C(N)N(c4ccccc4C(F)(F)F)C4=C3C(=O)CCC4)c(C)cc2C)cc1.